The van der Waals surface area contributed by atoms with E-state index in [2.05, 4.69) is 21.3 Å². The Morgan fingerprint density at radius 3 is 2.07 bits per heavy atom. The molecule has 1 unspecified atom stereocenters. The van der Waals surface area contributed by atoms with Crippen molar-refractivity contribution in [3.63, 3.8) is 0 Å². The van der Waals surface area contributed by atoms with E-state index < -0.39 is 23.4 Å². The first-order valence-electron chi connectivity index (χ1n) is 10.1. The van der Waals surface area contributed by atoms with Crippen LogP contribution in [0, 0.1) is 5.41 Å². The maximum Gasteiger partial charge on any atom is 0.312 e. The Hall–Kier alpha value is -2.32. The Morgan fingerprint density at radius 2 is 1.61 bits per heavy atom. The van der Waals surface area contributed by atoms with Gasteiger partial charge in [0.05, 0.1) is 0 Å². The van der Waals surface area contributed by atoms with Gasteiger partial charge in [-0.05, 0) is 52.9 Å². The third kappa shape index (κ3) is 6.69. The van der Waals surface area contributed by atoms with E-state index >= 15 is 0 Å². The fourth-order valence-electron chi connectivity index (χ4n) is 3.02. The number of amides is 5. The Bertz CT molecular complexity index is 575. The molecule has 2 atom stereocenters. The molecule has 0 heterocycles. The number of rotatable bonds is 11. The number of nitrogens with one attached hydrogen (secondary N) is 4. The molecule has 0 radical (unpaired) electrons. The average Bonchev–Trinajstić information content (AvgIpc) is 2.55. The van der Waals surface area contributed by atoms with Crippen molar-refractivity contribution in [2.45, 2.75) is 84.3 Å². The second-order valence-electron chi connectivity index (χ2n) is 7.84. The zero-order valence-electron chi connectivity index (χ0n) is 17.4. The predicted molar refractivity (Wildman–Crippen MR) is 106 cm³/mol. The lowest BCUT2D eigenvalue weighted by Crippen LogP contribution is -2.60. The second-order valence-corrected chi connectivity index (χ2v) is 7.84. The molecule has 1 saturated carbocycles. The highest BCUT2D eigenvalue weighted by atomic mass is 16.2. The zero-order valence-corrected chi connectivity index (χ0v) is 17.4. The van der Waals surface area contributed by atoms with Crippen LogP contribution in [0.1, 0.15) is 66.2 Å². The van der Waals surface area contributed by atoms with Crippen LogP contribution in [0.5, 0.6) is 0 Å². The third-order valence-corrected chi connectivity index (χ3v) is 5.09. The summed E-state index contributed by atoms with van der Waals surface area (Å²) in [5.41, 5.74) is 3.94. The van der Waals surface area contributed by atoms with E-state index in [4.69, 9.17) is 5.73 Å². The van der Waals surface area contributed by atoms with Crippen molar-refractivity contribution in [1.29, 1.82) is 0 Å². The van der Waals surface area contributed by atoms with Gasteiger partial charge in [0.25, 0.3) is 0 Å². The number of carbonyl (C=O) groups excluding carboxylic acids is 4. The summed E-state index contributed by atoms with van der Waals surface area (Å²) in [7, 11) is 0. The van der Waals surface area contributed by atoms with Gasteiger partial charge in [0, 0.05) is 18.6 Å². The first-order chi connectivity index (χ1) is 13.1. The summed E-state index contributed by atoms with van der Waals surface area (Å²) in [6.07, 6.45) is 3.30. The smallest absolute Gasteiger partial charge is 0.312 e. The summed E-state index contributed by atoms with van der Waals surface area (Å²) in [6.45, 7) is 7.83. The van der Waals surface area contributed by atoms with Crippen molar-refractivity contribution < 1.29 is 19.2 Å². The van der Waals surface area contributed by atoms with Gasteiger partial charge in [-0.25, -0.2) is 4.79 Å². The molecule has 1 aliphatic rings. The number of primary amides is 1. The number of hydrogen-bond donors (Lipinski definition) is 5. The van der Waals surface area contributed by atoms with Gasteiger partial charge in [-0.15, -0.1) is 0 Å². The van der Waals surface area contributed by atoms with Crippen molar-refractivity contribution in [3.05, 3.63) is 0 Å². The van der Waals surface area contributed by atoms with Gasteiger partial charge in [-0.1, -0.05) is 13.3 Å². The van der Waals surface area contributed by atoms with Crippen LogP contribution in [0.25, 0.3) is 0 Å². The molecule has 0 aliphatic heterocycles. The number of hydrogen-bond acceptors (Lipinski definition) is 4. The second kappa shape index (κ2) is 10.9. The highest BCUT2D eigenvalue weighted by molar-refractivity contribution is 6.07. The molecular formula is C19H35N5O4. The Kier molecular flexibility index (Phi) is 9.21. The first-order valence-corrected chi connectivity index (χ1v) is 10.1. The maximum absolute atomic E-state index is 12.9. The number of nitrogens with two attached hydrogens (primary N) is 1. The van der Waals surface area contributed by atoms with Crippen molar-refractivity contribution >= 4 is 23.8 Å². The Labute approximate surface area is 166 Å². The SMILES string of the molecule is CCC(C)NC(=O)[C@H](CCCNC(N)=O)NC(=O)C1(C(=O)NC(C)C)CCC1. The molecule has 160 valence electrons. The molecule has 0 saturated heterocycles. The van der Waals surface area contributed by atoms with Crippen LogP contribution in [-0.2, 0) is 14.4 Å². The van der Waals surface area contributed by atoms with E-state index in [-0.39, 0.29) is 23.9 Å². The van der Waals surface area contributed by atoms with Gasteiger partial charge in [0.15, 0.2) is 0 Å². The highest BCUT2D eigenvalue weighted by Gasteiger charge is 2.51. The van der Waals surface area contributed by atoms with Crippen molar-refractivity contribution in [1.82, 2.24) is 21.3 Å². The molecule has 0 aromatic carbocycles. The molecule has 5 amide bonds. The van der Waals surface area contributed by atoms with E-state index in [9.17, 15) is 19.2 Å². The fourth-order valence-corrected chi connectivity index (χ4v) is 3.02. The lowest BCUT2D eigenvalue weighted by atomic mass is 9.67. The van der Waals surface area contributed by atoms with Gasteiger partial charge in [0.1, 0.15) is 11.5 Å². The third-order valence-electron chi connectivity index (χ3n) is 5.09. The summed E-state index contributed by atoms with van der Waals surface area (Å²) in [4.78, 5) is 48.9. The van der Waals surface area contributed by atoms with Gasteiger partial charge < -0.3 is 27.0 Å². The van der Waals surface area contributed by atoms with Crippen LogP contribution in [0.15, 0.2) is 0 Å². The normalized spacial score (nSPS) is 17.0. The molecule has 1 rings (SSSR count). The van der Waals surface area contributed by atoms with E-state index in [0.717, 1.165) is 12.8 Å². The van der Waals surface area contributed by atoms with Crippen molar-refractivity contribution in [3.8, 4) is 0 Å². The van der Waals surface area contributed by atoms with Crippen LogP contribution in [0.4, 0.5) is 4.79 Å². The Morgan fingerprint density at radius 1 is 1.00 bits per heavy atom. The summed E-state index contributed by atoms with van der Waals surface area (Å²) < 4.78 is 0. The molecule has 9 heteroatoms. The number of carbonyl (C=O) groups is 4. The van der Waals surface area contributed by atoms with Gasteiger partial charge in [-0.2, -0.15) is 0 Å². The fraction of sp³-hybridized carbons (Fsp3) is 0.789. The van der Waals surface area contributed by atoms with Crippen molar-refractivity contribution in [2.75, 3.05) is 6.54 Å². The molecule has 1 aliphatic carbocycles. The van der Waals surface area contributed by atoms with E-state index in [1.807, 2.05) is 27.7 Å². The minimum Gasteiger partial charge on any atom is -0.353 e. The molecule has 0 aromatic rings. The molecule has 28 heavy (non-hydrogen) atoms. The highest BCUT2D eigenvalue weighted by Crippen LogP contribution is 2.41. The van der Waals surface area contributed by atoms with Gasteiger partial charge >= 0.3 is 6.03 Å². The molecular weight excluding hydrogens is 362 g/mol. The summed E-state index contributed by atoms with van der Waals surface area (Å²) in [6, 6.07) is -1.51. The van der Waals surface area contributed by atoms with Gasteiger partial charge in [0.2, 0.25) is 17.7 Å². The van der Waals surface area contributed by atoms with Crippen LogP contribution in [0.2, 0.25) is 0 Å². The molecule has 6 N–H and O–H groups in total. The molecule has 0 aromatic heterocycles. The molecule has 0 spiro atoms. The quantitative estimate of drug-likeness (QED) is 0.256. The summed E-state index contributed by atoms with van der Waals surface area (Å²) in [5, 5.41) is 10.9. The van der Waals surface area contributed by atoms with Crippen LogP contribution in [-0.4, -0.2) is 48.4 Å². The minimum atomic E-state index is -1.11. The van der Waals surface area contributed by atoms with Crippen LogP contribution in [0.3, 0.4) is 0 Å². The standard InChI is InChI=1S/C19H35N5O4/c1-5-13(4)23-15(25)14(8-6-11-21-18(20)28)24-17(27)19(9-7-10-19)16(26)22-12(2)3/h12-14H,5-11H2,1-4H3,(H,22,26)(H,23,25)(H,24,27)(H3,20,21,28)/t13?,14-/m0/s1. The predicted octanol–water partition coefficient (Wildman–Crippen LogP) is 0.529. The summed E-state index contributed by atoms with van der Waals surface area (Å²) in [5.74, 6) is -0.993. The van der Waals surface area contributed by atoms with E-state index in [1.165, 1.54) is 0 Å². The lowest BCUT2D eigenvalue weighted by molar-refractivity contribution is -0.151. The topological polar surface area (TPSA) is 142 Å². The van der Waals surface area contributed by atoms with Crippen molar-refractivity contribution in [2.24, 2.45) is 11.1 Å². The largest absolute Gasteiger partial charge is 0.353 e. The van der Waals surface area contributed by atoms with Gasteiger partial charge in [-0.3, -0.25) is 14.4 Å². The van der Waals surface area contributed by atoms with Crippen LogP contribution < -0.4 is 27.0 Å². The maximum atomic E-state index is 12.9. The van der Waals surface area contributed by atoms with E-state index in [0.29, 0.717) is 32.2 Å². The monoisotopic (exact) mass is 397 g/mol. The number of urea groups is 1. The van der Waals surface area contributed by atoms with E-state index in [1.54, 1.807) is 0 Å². The average molecular weight is 398 g/mol. The Balaban J connectivity index is 2.81. The lowest BCUT2D eigenvalue weighted by Gasteiger charge is -2.40. The minimum absolute atomic E-state index is 0.0300. The molecule has 9 nitrogen and oxygen atoms in total. The van der Waals surface area contributed by atoms with Crippen LogP contribution >= 0.6 is 0 Å². The molecule has 1 fully saturated rings. The summed E-state index contributed by atoms with van der Waals surface area (Å²) >= 11 is 0. The molecule has 0 bridgehead atoms. The first kappa shape index (κ1) is 23.7. The zero-order chi connectivity index (χ0) is 21.3.